The molecule has 9 heteroatoms. The molecular formula is C25H25N5O4. The van der Waals surface area contributed by atoms with E-state index in [0.29, 0.717) is 28.3 Å². The van der Waals surface area contributed by atoms with Gasteiger partial charge in [0, 0.05) is 30.7 Å². The molecule has 2 aromatic carbocycles. The molecule has 0 saturated carbocycles. The number of hydrogen-bond donors (Lipinski definition) is 3. The first-order chi connectivity index (χ1) is 16.6. The first kappa shape index (κ1) is 21.7. The molecule has 0 atom stereocenters. The lowest BCUT2D eigenvalue weighted by Crippen LogP contribution is -2.35. The molecule has 34 heavy (non-hydrogen) atoms. The monoisotopic (exact) mass is 459 g/mol. The SMILES string of the molecule is COC(=O)c1ccccc1Oc1nc(Nc2ccc(N3CCC(O)CC3)cc2)nc2cc[nH]c12. The van der Waals surface area contributed by atoms with Crippen LogP contribution in [0.25, 0.3) is 11.0 Å². The minimum Gasteiger partial charge on any atom is -0.465 e. The minimum atomic E-state index is -0.492. The summed E-state index contributed by atoms with van der Waals surface area (Å²) in [6, 6.07) is 16.7. The summed E-state index contributed by atoms with van der Waals surface area (Å²) in [7, 11) is 1.33. The van der Waals surface area contributed by atoms with Crippen LogP contribution in [0.4, 0.5) is 17.3 Å². The molecule has 0 aliphatic carbocycles. The van der Waals surface area contributed by atoms with Gasteiger partial charge in [0.25, 0.3) is 0 Å². The topological polar surface area (TPSA) is 113 Å². The fraction of sp³-hybridized carbons (Fsp3) is 0.240. The van der Waals surface area contributed by atoms with Gasteiger partial charge in [0.05, 0.1) is 18.7 Å². The van der Waals surface area contributed by atoms with Crippen molar-refractivity contribution < 1.29 is 19.4 Å². The molecule has 174 valence electrons. The van der Waals surface area contributed by atoms with Crippen molar-refractivity contribution in [2.45, 2.75) is 18.9 Å². The third-order valence-electron chi connectivity index (χ3n) is 5.82. The van der Waals surface area contributed by atoms with Crippen molar-refractivity contribution in [3.8, 4) is 11.6 Å². The van der Waals surface area contributed by atoms with E-state index in [1.807, 2.05) is 30.3 Å². The van der Waals surface area contributed by atoms with Crippen molar-refractivity contribution in [3.05, 3.63) is 66.4 Å². The maximum atomic E-state index is 12.1. The highest BCUT2D eigenvalue weighted by atomic mass is 16.5. The van der Waals surface area contributed by atoms with Gasteiger partial charge in [-0.05, 0) is 55.3 Å². The second kappa shape index (κ2) is 9.40. The van der Waals surface area contributed by atoms with Crippen molar-refractivity contribution >= 4 is 34.3 Å². The number of piperidine rings is 1. The number of aromatic nitrogens is 3. The van der Waals surface area contributed by atoms with Crippen molar-refractivity contribution in [1.29, 1.82) is 0 Å². The predicted molar refractivity (Wildman–Crippen MR) is 129 cm³/mol. The molecule has 5 rings (SSSR count). The molecule has 1 saturated heterocycles. The number of benzene rings is 2. The van der Waals surface area contributed by atoms with E-state index in [1.165, 1.54) is 7.11 Å². The van der Waals surface area contributed by atoms with E-state index in [1.54, 1.807) is 30.5 Å². The van der Waals surface area contributed by atoms with Crippen molar-refractivity contribution in [1.82, 2.24) is 15.0 Å². The summed E-state index contributed by atoms with van der Waals surface area (Å²) >= 11 is 0. The molecule has 3 N–H and O–H groups in total. The van der Waals surface area contributed by atoms with E-state index < -0.39 is 5.97 Å². The summed E-state index contributed by atoms with van der Waals surface area (Å²) < 4.78 is 10.9. The van der Waals surface area contributed by atoms with Crippen molar-refractivity contribution in [2.24, 2.45) is 0 Å². The Bertz CT molecular complexity index is 1300. The number of carbonyl (C=O) groups is 1. The number of nitrogens with one attached hydrogen (secondary N) is 2. The Kier molecular flexibility index (Phi) is 6.01. The van der Waals surface area contributed by atoms with E-state index in [0.717, 1.165) is 37.3 Å². The Morgan fingerprint density at radius 2 is 1.85 bits per heavy atom. The molecule has 4 aromatic rings. The number of para-hydroxylation sites is 1. The smallest absolute Gasteiger partial charge is 0.341 e. The standard InChI is InChI=1S/C25H25N5O4/c1-33-24(32)19-4-2-3-5-21(19)34-23-22-20(10-13-26-22)28-25(29-23)27-16-6-8-17(9-7-16)30-14-11-18(31)12-15-30/h2-10,13,18,26,31H,11-12,14-15H2,1H3,(H,27,28,29). The molecule has 0 spiro atoms. The van der Waals surface area contributed by atoms with E-state index in [9.17, 15) is 9.90 Å². The minimum absolute atomic E-state index is 0.200. The Morgan fingerprint density at radius 1 is 1.09 bits per heavy atom. The Hall–Kier alpha value is -4.11. The molecule has 1 fully saturated rings. The second-order valence-electron chi connectivity index (χ2n) is 8.07. The molecule has 3 heterocycles. The third kappa shape index (κ3) is 4.51. The van der Waals surface area contributed by atoms with Gasteiger partial charge in [-0.2, -0.15) is 4.98 Å². The Labute approximate surface area is 196 Å². The van der Waals surface area contributed by atoms with E-state index >= 15 is 0 Å². The lowest BCUT2D eigenvalue weighted by Gasteiger charge is -2.31. The van der Waals surface area contributed by atoms with Crippen LogP contribution in [-0.4, -0.2) is 52.3 Å². The Morgan fingerprint density at radius 3 is 2.62 bits per heavy atom. The number of H-pyrrole nitrogens is 1. The predicted octanol–water partition coefficient (Wildman–Crippen LogP) is 4.24. The summed E-state index contributed by atoms with van der Waals surface area (Å²) in [5.41, 5.74) is 3.54. The fourth-order valence-corrected chi connectivity index (χ4v) is 3.99. The zero-order valence-corrected chi connectivity index (χ0v) is 18.7. The average molecular weight is 460 g/mol. The molecule has 1 aliphatic rings. The van der Waals surface area contributed by atoms with E-state index in [-0.39, 0.29) is 12.0 Å². The molecule has 0 amide bonds. The van der Waals surface area contributed by atoms with Crippen LogP contribution in [0.3, 0.4) is 0 Å². The van der Waals surface area contributed by atoms with Gasteiger partial charge in [0.15, 0.2) is 0 Å². The third-order valence-corrected chi connectivity index (χ3v) is 5.82. The first-order valence-corrected chi connectivity index (χ1v) is 11.1. The molecular weight excluding hydrogens is 434 g/mol. The van der Waals surface area contributed by atoms with Gasteiger partial charge in [-0.15, -0.1) is 0 Å². The summed E-state index contributed by atoms with van der Waals surface area (Å²) in [6.45, 7) is 1.68. The van der Waals surface area contributed by atoms with Crippen LogP contribution >= 0.6 is 0 Å². The van der Waals surface area contributed by atoms with E-state index in [4.69, 9.17) is 9.47 Å². The highest BCUT2D eigenvalue weighted by molar-refractivity contribution is 5.92. The number of rotatable bonds is 6. The van der Waals surface area contributed by atoms with Gasteiger partial charge in [-0.3, -0.25) is 0 Å². The molecule has 0 radical (unpaired) electrons. The Balaban J connectivity index is 1.39. The number of anilines is 3. The summed E-state index contributed by atoms with van der Waals surface area (Å²) in [5.74, 6) is 0.504. The van der Waals surface area contributed by atoms with Gasteiger partial charge in [0.1, 0.15) is 16.8 Å². The normalized spacial score (nSPS) is 14.2. The van der Waals surface area contributed by atoms with Crippen molar-refractivity contribution in [2.75, 3.05) is 30.4 Å². The van der Waals surface area contributed by atoms with Crippen LogP contribution in [0.5, 0.6) is 11.6 Å². The number of carbonyl (C=O) groups excluding carboxylic acids is 1. The quantitative estimate of drug-likeness (QED) is 0.367. The van der Waals surface area contributed by atoms with Crippen LogP contribution in [0.2, 0.25) is 0 Å². The molecule has 0 bridgehead atoms. The van der Waals surface area contributed by atoms with Crippen molar-refractivity contribution in [3.63, 3.8) is 0 Å². The lowest BCUT2D eigenvalue weighted by molar-refractivity contribution is 0.0598. The fourth-order valence-electron chi connectivity index (χ4n) is 3.99. The average Bonchev–Trinajstić information content (AvgIpc) is 3.34. The molecule has 1 aliphatic heterocycles. The van der Waals surface area contributed by atoms with Crippen LogP contribution in [0, 0.1) is 0 Å². The number of hydrogen-bond acceptors (Lipinski definition) is 8. The number of aliphatic hydroxyl groups excluding tert-OH is 1. The van der Waals surface area contributed by atoms with Crippen LogP contribution < -0.4 is 15.0 Å². The zero-order chi connectivity index (χ0) is 23.5. The summed E-state index contributed by atoms with van der Waals surface area (Å²) in [6.07, 6.45) is 3.12. The van der Waals surface area contributed by atoms with Gasteiger partial charge in [0.2, 0.25) is 11.8 Å². The summed E-state index contributed by atoms with van der Waals surface area (Å²) in [5, 5.41) is 13.0. The van der Waals surface area contributed by atoms with Crippen LogP contribution in [-0.2, 0) is 4.74 Å². The highest BCUT2D eigenvalue weighted by Gasteiger charge is 2.18. The van der Waals surface area contributed by atoms with Crippen LogP contribution in [0.1, 0.15) is 23.2 Å². The zero-order valence-electron chi connectivity index (χ0n) is 18.7. The number of nitrogens with zero attached hydrogens (tertiary/aromatic N) is 3. The maximum absolute atomic E-state index is 12.1. The van der Waals surface area contributed by atoms with Gasteiger partial charge in [-0.25, -0.2) is 9.78 Å². The summed E-state index contributed by atoms with van der Waals surface area (Å²) in [4.78, 5) is 26.6. The lowest BCUT2D eigenvalue weighted by atomic mass is 10.1. The first-order valence-electron chi connectivity index (χ1n) is 11.1. The van der Waals surface area contributed by atoms with Gasteiger partial charge in [-0.1, -0.05) is 12.1 Å². The molecule has 9 nitrogen and oxygen atoms in total. The number of esters is 1. The number of ether oxygens (including phenoxy) is 2. The largest absolute Gasteiger partial charge is 0.465 e. The number of methoxy groups -OCH3 is 1. The highest BCUT2D eigenvalue weighted by Crippen LogP contribution is 2.31. The molecule has 2 aromatic heterocycles. The molecule has 0 unspecified atom stereocenters. The van der Waals surface area contributed by atoms with Crippen LogP contribution in [0.15, 0.2) is 60.8 Å². The second-order valence-corrected chi connectivity index (χ2v) is 8.07. The number of aromatic amines is 1. The van der Waals surface area contributed by atoms with E-state index in [2.05, 4.69) is 25.2 Å². The van der Waals surface area contributed by atoms with Gasteiger partial charge < -0.3 is 29.8 Å². The number of fused-ring (bicyclic) bond motifs is 1. The number of aliphatic hydroxyl groups is 1. The maximum Gasteiger partial charge on any atom is 0.341 e. The van der Waals surface area contributed by atoms with Gasteiger partial charge >= 0.3 is 5.97 Å².